The largest absolute Gasteiger partial charge is 0.467 e. The summed E-state index contributed by atoms with van der Waals surface area (Å²) in [5.41, 5.74) is -1.08. The maximum atomic E-state index is 11.9. The van der Waals surface area contributed by atoms with Crippen molar-refractivity contribution >= 4 is 11.9 Å². The van der Waals surface area contributed by atoms with Crippen LogP contribution in [0.4, 0.5) is 0 Å². The Morgan fingerprint density at radius 3 is 2.80 bits per heavy atom. The quantitative estimate of drug-likeness (QED) is 0.654. The zero-order valence-corrected chi connectivity index (χ0v) is 9.42. The van der Waals surface area contributed by atoms with Crippen LogP contribution in [0.25, 0.3) is 0 Å². The fraction of sp³-hybridized carbons (Fsp3) is 0.818. The topological polar surface area (TPSA) is 55.4 Å². The number of rotatable bonds is 1. The number of fused-ring (bicyclic) bond motifs is 2. The second-order valence-corrected chi connectivity index (χ2v) is 5.19. The summed E-state index contributed by atoms with van der Waals surface area (Å²) in [5, 5.41) is 2.85. The highest BCUT2D eigenvalue weighted by Gasteiger charge is 2.58. The van der Waals surface area contributed by atoms with E-state index < -0.39 is 5.54 Å². The average molecular weight is 211 g/mol. The first kappa shape index (κ1) is 10.5. The maximum absolute atomic E-state index is 11.9. The molecule has 2 atom stereocenters. The summed E-state index contributed by atoms with van der Waals surface area (Å²) in [5.74, 6) is -0.0270. The molecule has 2 bridgehead atoms. The van der Waals surface area contributed by atoms with Crippen LogP contribution in [0.1, 0.15) is 33.1 Å². The lowest BCUT2D eigenvalue weighted by molar-refractivity contribution is -0.155. The molecule has 1 heterocycles. The lowest BCUT2D eigenvalue weighted by atomic mass is 9.73. The Kier molecular flexibility index (Phi) is 2.07. The van der Waals surface area contributed by atoms with Crippen LogP contribution in [0.5, 0.6) is 0 Å². The fourth-order valence-electron chi connectivity index (χ4n) is 2.77. The summed E-state index contributed by atoms with van der Waals surface area (Å²) in [6.07, 6.45) is 2.35. The van der Waals surface area contributed by atoms with Crippen LogP contribution in [-0.4, -0.2) is 24.5 Å². The van der Waals surface area contributed by atoms with Gasteiger partial charge in [-0.3, -0.25) is 4.79 Å². The number of hydrogen-bond donors (Lipinski definition) is 1. The van der Waals surface area contributed by atoms with Crippen molar-refractivity contribution in [2.75, 3.05) is 7.11 Å². The first-order valence-electron chi connectivity index (χ1n) is 5.33. The molecule has 1 aliphatic carbocycles. The van der Waals surface area contributed by atoms with Crippen LogP contribution in [0.15, 0.2) is 0 Å². The van der Waals surface area contributed by atoms with Crippen LogP contribution >= 0.6 is 0 Å². The van der Waals surface area contributed by atoms with E-state index in [1.54, 1.807) is 0 Å². The van der Waals surface area contributed by atoms with Crippen LogP contribution in [0.3, 0.4) is 0 Å². The van der Waals surface area contributed by atoms with Gasteiger partial charge in [-0.05, 0) is 25.2 Å². The summed E-state index contributed by atoms with van der Waals surface area (Å²) in [7, 11) is 1.37. The number of hydrogen-bond acceptors (Lipinski definition) is 3. The normalized spacial score (nSPS) is 37.3. The molecule has 0 aromatic heterocycles. The molecule has 0 radical (unpaired) electrons. The zero-order chi connectivity index (χ0) is 11.3. The van der Waals surface area contributed by atoms with Crippen molar-refractivity contribution < 1.29 is 14.3 Å². The molecule has 84 valence electrons. The lowest BCUT2D eigenvalue weighted by Gasteiger charge is -2.40. The molecule has 0 aromatic rings. The highest BCUT2D eigenvalue weighted by Crippen LogP contribution is 2.49. The molecule has 1 aliphatic heterocycles. The van der Waals surface area contributed by atoms with E-state index in [4.69, 9.17) is 4.74 Å². The number of amides is 1. The van der Waals surface area contributed by atoms with Gasteiger partial charge in [0, 0.05) is 5.41 Å². The van der Waals surface area contributed by atoms with Gasteiger partial charge in [0.2, 0.25) is 5.91 Å². The summed E-state index contributed by atoms with van der Waals surface area (Å²) < 4.78 is 4.77. The Bertz CT molecular complexity index is 324. The smallest absolute Gasteiger partial charge is 0.331 e. The van der Waals surface area contributed by atoms with E-state index in [1.807, 2.05) is 13.8 Å². The van der Waals surface area contributed by atoms with E-state index in [2.05, 4.69) is 5.32 Å². The van der Waals surface area contributed by atoms with Gasteiger partial charge >= 0.3 is 5.97 Å². The number of esters is 1. The van der Waals surface area contributed by atoms with Crippen molar-refractivity contribution in [3.8, 4) is 0 Å². The van der Waals surface area contributed by atoms with Gasteiger partial charge in [-0.15, -0.1) is 0 Å². The Labute approximate surface area is 89.4 Å². The third kappa shape index (κ3) is 1.27. The summed E-state index contributed by atoms with van der Waals surface area (Å²) in [6, 6.07) is 0. The first-order valence-corrected chi connectivity index (χ1v) is 5.33. The monoisotopic (exact) mass is 211 g/mol. The molecule has 4 nitrogen and oxygen atoms in total. The SMILES string of the molecule is COC(=O)[C@]12CC[C@@H](C1)C(C)(C)C(=O)N2. The predicted octanol–water partition coefficient (Wildman–Crippen LogP) is 0.854. The minimum atomic E-state index is -0.730. The second-order valence-electron chi connectivity index (χ2n) is 5.19. The summed E-state index contributed by atoms with van der Waals surface area (Å²) in [6.45, 7) is 3.89. The maximum Gasteiger partial charge on any atom is 0.331 e. The first-order chi connectivity index (χ1) is 6.92. The molecule has 0 spiro atoms. The number of carbonyl (C=O) groups excluding carboxylic acids is 2. The van der Waals surface area contributed by atoms with Gasteiger partial charge in [-0.1, -0.05) is 13.8 Å². The van der Waals surface area contributed by atoms with Gasteiger partial charge in [0.25, 0.3) is 0 Å². The minimum absolute atomic E-state index is 0.0262. The van der Waals surface area contributed by atoms with E-state index in [0.717, 1.165) is 12.8 Å². The van der Waals surface area contributed by atoms with Crippen molar-refractivity contribution in [1.29, 1.82) is 0 Å². The highest BCUT2D eigenvalue weighted by molar-refractivity contribution is 5.93. The number of ether oxygens (including phenoxy) is 1. The molecule has 0 aromatic carbocycles. The van der Waals surface area contributed by atoms with Gasteiger partial charge < -0.3 is 10.1 Å². The Hall–Kier alpha value is -1.06. The van der Waals surface area contributed by atoms with Gasteiger partial charge in [0.15, 0.2) is 0 Å². The standard InChI is InChI=1S/C11H17NO3/c1-10(2)7-4-5-11(6-7,9(14)15-3)12-8(10)13/h7H,4-6H2,1-3H3,(H,12,13)/t7-,11-/m0/s1. The van der Waals surface area contributed by atoms with Crippen LogP contribution in [0, 0.1) is 11.3 Å². The van der Waals surface area contributed by atoms with E-state index >= 15 is 0 Å². The molecule has 4 heteroatoms. The minimum Gasteiger partial charge on any atom is -0.467 e. The van der Waals surface area contributed by atoms with Crippen LogP contribution < -0.4 is 5.32 Å². The zero-order valence-electron chi connectivity index (χ0n) is 9.42. The molecule has 2 fully saturated rings. The molecule has 2 aliphatic rings. The van der Waals surface area contributed by atoms with Crippen LogP contribution in [0.2, 0.25) is 0 Å². The summed E-state index contributed by atoms with van der Waals surface area (Å²) >= 11 is 0. The van der Waals surface area contributed by atoms with Crippen molar-refractivity contribution in [2.45, 2.75) is 38.6 Å². The highest BCUT2D eigenvalue weighted by atomic mass is 16.5. The third-order valence-electron chi connectivity index (χ3n) is 4.05. The predicted molar refractivity (Wildman–Crippen MR) is 54.0 cm³/mol. The van der Waals surface area contributed by atoms with Crippen molar-refractivity contribution in [1.82, 2.24) is 5.32 Å². The fourth-order valence-corrected chi connectivity index (χ4v) is 2.77. The second kappa shape index (κ2) is 2.97. The van der Waals surface area contributed by atoms with Gasteiger partial charge in [-0.25, -0.2) is 4.79 Å². The third-order valence-corrected chi connectivity index (χ3v) is 4.05. The van der Waals surface area contributed by atoms with E-state index in [9.17, 15) is 9.59 Å². The van der Waals surface area contributed by atoms with Gasteiger partial charge in [0.1, 0.15) is 5.54 Å². The Morgan fingerprint density at radius 1 is 1.53 bits per heavy atom. The van der Waals surface area contributed by atoms with Crippen molar-refractivity contribution in [3.05, 3.63) is 0 Å². The Balaban J connectivity index is 2.30. The van der Waals surface area contributed by atoms with Crippen LogP contribution in [-0.2, 0) is 14.3 Å². The molecule has 1 amide bonds. The molecule has 0 unspecified atom stereocenters. The summed E-state index contributed by atoms with van der Waals surface area (Å²) in [4.78, 5) is 23.5. The number of methoxy groups -OCH3 is 1. The number of piperidine rings is 1. The lowest BCUT2D eigenvalue weighted by Crippen LogP contribution is -2.60. The number of carbonyl (C=O) groups is 2. The molecular formula is C11H17NO3. The van der Waals surface area contributed by atoms with Crippen molar-refractivity contribution in [2.24, 2.45) is 11.3 Å². The molecular weight excluding hydrogens is 194 g/mol. The van der Waals surface area contributed by atoms with Gasteiger partial charge in [0.05, 0.1) is 7.11 Å². The molecule has 1 N–H and O–H groups in total. The van der Waals surface area contributed by atoms with Gasteiger partial charge in [-0.2, -0.15) is 0 Å². The van der Waals surface area contributed by atoms with E-state index in [-0.39, 0.29) is 17.3 Å². The Morgan fingerprint density at radius 2 is 2.20 bits per heavy atom. The molecule has 1 saturated heterocycles. The molecule has 15 heavy (non-hydrogen) atoms. The van der Waals surface area contributed by atoms with Crippen molar-refractivity contribution in [3.63, 3.8) is 0 Å². The molecule has 1 saturated carbocycles. The number of nitrogens with one attached hydrogen (secondary N) is 1. The average Bonchev–Trinajstić information content (AvgIpc) is 2.58. The van der Waals surface area contributed by atoms with E-state index in [0.29, 0.717) is 12.3 Å². The molecule has 2 rings (SSSR count). The van der Waals surface area contributed by atoms with E-state index in [1.165, 1.54) is 7.11 Å².